The van der Waals surface area contributed by atoms with E-state index in [0.717, 1.165) is 0 Å². The van der Waals surface area contributed by atoms with Gasteiger partial charge in [-0.15, -0.1) is 0 Å². The maximum atomic E-state index is 14.2. The average Bonchev–Trinajstić information content (AvgIpc) is 2.91. The van der Waals surface area contributed by atoms with Crippen LogP contribution in [0.4, 0.5) is 0 Å². The Balaban J connectivity index is 12.3. The molecule has 0 aromatic heterocycles. The van der Waals surface area contributed by atoms with Crippen molar-refractivity contribution in [2.75, 3.05) is 19.6 Å². The lowest BCUT2D eigenvalue weighted by atomic mass is 10.5. The SMILES string of the molecule is CCN(C(P(=O)(O)O)P(=O)(O)O)C(N(C(N(CC)C(P(=O)(O)O)P(=O)(O)O)(P(=O)(O)O)P(=O)(O)O)C(N(CC)C(P(=O)(O)O)P(=O)(O)O)(P(=O)(O)O)P(=O)(O)O)(P(=O)(O)O)P(=O)(O)O. The second-order valence-electron chi connectivity index (χ2n) is 12.3. The highest BCUT2D eigenvalue weighted by atomic mass is 31.3. The molecule has 0 fully saturated rings. The maximum Gasteiger partial charge on any atom is 0.373 e. The largest absolute Gasteiger partial charge is 0.373 e. The van der Waals surface area contributed by atoms with Crippen molar-refractivity contribution in [3.05, 3.63) is 0 Å². The molecule has 0 aromatic carbocycles. The van der Waals surface area contributed by atoms with Crippen LogP contribution < -0.4 is 0 Å². The minimum Gasteiger partial charge on any atom is -0.323 e. The van der Waals surface area contributed by atoms with Gasteiger partial charge in [-0.05, 0) is 19.6 Å². The number of rotatable bonds is 24. The fourth-order valence-electron chi connectivity index (χ4n) is 6.55. The van der Waals surface area contributed by atoms with E-state index in [2.05, 4.69) is 0 Å². The zero-order valence-corrected chi connectivity index (χ0v) is 41.9. The zero-order valence-electron chi connectivity index (χ0n) is 31.1. The zero-order chi connectivity index (χ0) is 52.7. The average molecular weight is 1190 g/mol. The summed E-state index contributed by atoms with van der Waals surface area (Å²) in [5.41, 5.74) is -15.2. The topological polar surface area (TPSA) is 703 Å². The molecule has 0 radical (unpaired) electrons. The summed E-state index contributed by atoms with van der Waals surface area (Å²) in [6.45, 7) is -8.44. The van der Waals surface area contributed by atoms with Crippen LogP contribution in [0.5, 0.6) is 0 Å². The van der Waals surface area contributed by atoms with E-state index in [1.807, 2.05) is 0 Å². The third-order valence-electron chi connectivity index (χ3n) is 8.06. The molecule has 0 aliphatic carbocycles. The molecule has 0 bridgehead atoms. The van der Waals surface area contributed by atoms with Crippen molar-refractivity contribution in [1.82, 2.24) is 19.6 Å². The van der Waals surface area contributed by atoms with Crippen molar-refractivity contribution < 1.29 is 172 Å². The third-order valence-corrected chi connectivity index (χ3v) is 30.9. The molecule has 0 aromatic rings. The standard InChI is InChI=1S/C12H42N4O36P12/c1-4-13(7(53(17,18)19)54(20,21)22)10(59(35,36)37,60(38,39)40)16(11(61(41,42)43,62(44,45)46)14(5-2)8(55(23,24)25)56(26,27)28)12(63(47,48)49,64(50,51)52)15(6-3)9(57(29,30)31)58(32,33)34/h7-9H,4-6H2,1-3H3,(H2,17,18,19)(H2,20,21,22)(H2,23,24,25)(H2,26,27,28)(H2,29,30,31)(H2,32,33,34)(H2,35,36,37)(H2,38,39,40)(H2,41,42,43)(H2,44,45,46)(H2,47,48,49)(H2,50,51,52). The van der Waals surface area contributed by atoms with Crippen LogP contribution in [0.1, 0.15) is 20.8 Å². The minimum absolute atomic E-state index is 0.138. The first-order chi connectivity index (χ1) is 27.3. The summed E-state index contributed by atoms with van der Waals surface area (Å²) < 4.78 is 163. The molecule has 52 heteroatoms. The van der Waals surface area contributed by atoms with E-state index in [0.29, 0.717) is 0 Å². The van der Waals surface area contributed by atoms with Gasteiger partial charge in [0.1, 0.15) is 0 Å². The normalized spacial score (nSPS) is 16.4. The van der Waals surface area contributed by atoms with Gasteiger partial charge < -0.3 is 117 Å². The first kappa shape index (κ1) is 65.6. The Morgan fingerprint density at radius 3 is 0.453 bits per heavy atom. The Labute approximate surface area is 354 Å². The summed E-state index contributed by atoms with van der Waals surface area (Å²) in [5.74, 6) is 0. The van der Waals surface area contributed by atoms with E-state index >= 15 is 0 Å². The molecule has 0 saturated carbocycles. The molecule has 0 heterocycles. The highest BCUT2D eigenvalue weighted by molar-refractivity contribution is 7.77. The highest BCUT2D eigenvalue weighted by Crippen LogP contribution is 2.90. The lowest BCUT2D eigenvalue weighted by Gasteiger charge is -2.65. The molecule has 0 unspecified atom stereocenters. The van der Waals surface area contributed by atoms with Crippen molar-refractivity contribution in [2.24, 2.45) is 0 Å². The first-order valence-corrected chi connectivity index (χ1v) is 34.8. The smallest absolute Gasteiger partial charge is 0.323 e. The highest BCUT2D eigenvalue weighted by Gasteiger charge is 2.92. The maximum absolute atomic E-state index is 14.2. The van der Waals surface area contributed by atoms with Gasteiger partial charge in [-0.1, -0.05) is 20.8 Å². The monoisotopic (exact) mass is 1190 g/mol. The summed E-state index contributed by atoms with van der Waals surface area (Å²) in [4.78, 5) is 246. The fraction of sp³-hybridized carbons (Fsp3) is 1.00. The van der Waals surface area contributed by atoms with Gasteiger partial charge in [0, 0.05) is 0 Å². The fourth-order valence-corrected chi connectivity index (χ4v) is 28.4. The van der Waals surface area contributed by atoms with Gasteiger partial charge in [-0.3, -0.25) is 54.8 Å². The first-order valence-electron chi connectivity index (χ1n) is 15.1. The van der Waals surface area contributed by atoms with Crippen LogP contribution in [0, 0.1) is 0 Å². The molecular formula is C12H42N4O36P12. The molecular weight excluding hydrogens is 1150 g/mol. The third kappa shape index (κ3) is 11.8. The molecule has 40 nitrogen and oxygen atoms in total. The summed E-state index contributed by atoms with van der Waals surface area (Å²) >= 11 is 0. The minimum atomic E-state index is -8.95. The van der Waals surface area contributed by atoms with Gasteiger partial charge in [0.05, 0.1) is 0 Å². The van der Waals surface area contributed by atoms with Crippen LogP contribution in [0.15, 0.2) is 0 Å². The van der Waals surface area contributed by atoms with Gasteiger partial charge in [0.2, 0.25) is 16.6 Å². The van der Waals surface area contributed by atoms with Crippen molar-refractivity contribution in [2.45, 2.75) is 52.8 Å². The van der Waals surface area contributed by atoms with E-state index < -0.39 is 162 Å². The number of nitrogens with zero attached hydrogens (tertiary/aromatic N) is 4. The Hall–Kier alpha value is 1.64. The molecule has 386 valence electrons. The molecule has 0 amide bonds. The molecule has 0 atom stereocenters. The van der Waals surface area contributed by atoms with E-state index in [1.165, 1.54) is 0 Å². The molecule has 0 aliphatic heterocycles. The van der Waals surface area contributed by atoms with E-state index in [9.17, 15) is 172 Å². The second kappa shape index (κ2) is 19.6. The van der Waals surface area contributed by atoms with Gasteiger partial charge >= 0.3 is 91.1 Å². The van der Waals surface area contributed by atoms with Crippen LogP contribution in [-0.4, -0.2) is 189 Å². The van der Waals surface area contributed by atoms with E-state index in [-0.39, 0.29) is 20.8 Å². The molecule has 64 heavy (non-hydrogen) atoms. The van der Waals surface area contributed by atoms with Crippen molar-refractivity contribution in [3.8, 4) is 0 Å². The van der Waals surface area contributed by atoms with Gasteiger partial charge in [-0.2, -0.15) is 4.90 Å². The summed E-state index contributed by atoms with van der Waals surface area (Å²) in [7, 11) is -99.1. The Bertz CT molecular complexity index is 1940. The van der Waals surface area contributed by atoms with E-state index in [4.69, 9.17) is 0 Å². The lowest BCUT2D eigenvalue weighted by molar-refractivity contribution is -0.124. The summed E-state index contributed by atoms with van der Waals surface area (Å²) in [6.07, 6.45) is 0. The quantitative estimate of drug-likeness (QED) is 0.0318. The van der Waals surface area contributed by atoms with E-state index in [1.54, 1.807) is 0 Å². The molecule has 0 rings (SSSR count). The van der Waals surface area contributed by atoms with Crippen LogP contribution in [0.2, 0.25) is 0 Å². The predicted molar refractivity (Wildman–Crippen MR) is 203 cm³/mol. The molecule has 0 saturated heterocycles. The molecule has 0 spiro atoms. The molecule has 24 N–H and O–H groups in total. The predicted octanol–water partition coefficient (Wildman–Crippen LogP) is -4.93. The van der Waals surface area contributed by atoms with Crippen molar-refractivity contribution in [1.29, 1.82) is 0 Å². The lowest BCUT2D eigenvalue weighted by Crippen LogP contribution is -2.81. The second-order valence-corrected chi connectivity index (χ2v) is 34.9. The summed E-state index contributed by atoms with van der Waals surface area (Å²) in [6, 6.07) is 0. The number of hydrogen-bond donors (Lipinski definition) is 24. The van der Waals surface area contributed by atoms with Crippen LogP contribution in [0.3, 0.4) is 0 Å². The van der Waals surface area contributed by atoms with Crippen LogP contribution >= 0.6 is 91.1 Å². The van der Waals surface area contributed by atoms with Crippen LogP contribution in [0.25, 0.3) is 0 Å². The number of hydrogen-bond acceptors (Lipinski definition) is 16. The molecule has 0 aliphatic rings. The Morgan fingerprint density at radius 2 is 0.391 bits per heavy atom. The van der Waals surface area contributed by atoms with Gasteiger partial charge in [0.25, 0.3) is 15.4 Å². The van der Waals surface area contributed by atoms with Gasteiger partial charge in [-0.25, -0.2) is 14.7 Å². The summed E-state index contributed by atoms with van der Waals surface area (Å²) in [5, 5.41) is -21.7. The van der Waals surface area contributed by atoms with Crippen LogP contribution in [-0.2, 0) is 54.8 Å². The Morgan fingerprint density at radius 1 is 0.281 bits per heavy atom. The Kier molecular flexibility index (Phi) is 20.1. The van der Waals surface area contributed by atoms with Crippen molar-refractivity contribution in [3.63, 3.8) is 0 Å². The van der Waals surface area contributed by atoms with Crippen molar-refractivity contribution >= 4 is 91.1 Å². The van der Waals surface area contributed by atoms with Gasteiger partial charge in [0.15, 0.2) is 0 Å².